The van der Waals surface area contributed by atoms with E-state index in [4.69, 9.17) is 11.5 Å². The lowest BCUT2D eigenvalue weighted by atomic mass is 10.2. The van der Waals surface area contributed by atoms with Gasteiger partial charge in [-0.2, -0.15) is 5.11 Å². The van der Waals surface area contributed by atoms with Crippen LogP contribution in [-0.2, 0) is 6.54 Å². The Hall–Kier alpha value is -2.11. The minimum Gasteiger partial charge on any atom is -0.399 e. The highest BCUT2D eigenvalue weighted by atomic mass is 15.5. The summed E-state index contributed by atoms with van der Waals surface area (Å²) < 4.78 is 0. The molecule has 0 saturated carbocycles. The van der Waals surface area contributed by atoms with Gasteiger partial charge in [0.25, 0.3) is 5.96 Å². The molecule has 1 rings (SSSR count). The Kier molecular flexibility index (Phi) is 4.26. The number of hydrazone groups is 1. The van der Waals surface area contributed by atoms with Crippen LogP contribution in [0.3, 0.4) is 0 Å². The molecule has 0 unspecified atom stereocenters. The first kappa shape index (κ1) is 12.0. The zero-order chi connectivity index (χ0) is 12.0. The average Bonchev–Trinajstić information content (AvgIpc) is 2.16. The quantitative estimate of drug-likeness (QED) is 0.262. The van der Waals surface area contributed by atoms with E-state index >= 15 is 0 Å². The van der Waals surface area contributed by atoms with Crippen LogP contribution in [0.5, 0.6) is 0 Å². The molecular formula is C10H16N6. The maximum absolute atomic E-state index is 5.63. The van der Waals surface area contributed by atoms with Crippen molar-refractivity contribution in [3.63, 3.8) is 0 Å². The summed E-state index contributed by atoms with van der Waals surface area (Å²) >= 11 is 0. The van der Waals surface area contributed by atoms with E-state index in [9.17, 15) is 0 Å². The molecule has 0 aromatic heterocycles. The lowest BCUT2D eigenvalue weighted by Gasteiger charge is -2.02. The van der Waals surface area contributed by atoms with Gasteiger partial charge in [0.1, 0.15) is 0 Å². The molecule has 1 aromatic carbocycles. The second-order valence-corrected chi connectivity index (χ2v) is 3.45. The summed E-state index contributed by atoms with van der Waals surface area (Å²) in [7, 11) is 3.53. The predicted molar refractivity (Wildman–Crippen MR) is 64.7 cm³/mol. The van der Waals surface area contributed by atoms with Crippen LogP contribution >= 0.6 is 0 Å². The fourth-order valence-corrected chi connectivity index (χ4v) is 1.11. The van der Waals surface area contributed by atoms with Crippen molar-refractivity contribution in [2.75, 3.05) is 19.8 Å². The number of guanidine groups is 1. The van der Waals surface area contributed by atoms with Gasteiger partial charge >= 0.3 is 0 Å². The van der Waals surface area contributed by atoms with E-state index in [2.05, 4.69) is 15.3 Å². The Balaban J connectivity index is 2.55. The number of nitrogens with zero attached hydrogens (tertiary/aromatic N) is 4. The number of hydrogen-bond acceptors (Lipinski definition) is 4. The van der Waals surface area contributed by atoms with Crippen molar-refractivity contribution in [2.45, 2.75) is 6.54 Å². The molecule has 6 heteroatoms. The van der Waals surface area contributed by atoms with Gasteiger partial charge in [-0.3, -0.25) is 5.01 Å². The average molecular weight is 220 g/mol. The second-order valence-electron chi connectivity index (χ2n) is 3.45. The highest BCUT2D eigenvalue weighted by Crippen LogP contribution is 2.07. The van der Waals surface area contributed by atoms with E-state index in [0.29, 0.717) is 12.2 Å². The Bertz CT molecular complexity index is 396. The molecule has 0 heterocycles. The normalized spacial score (nSPS) is 12.0. The standard InChI is InChI=1S/C10H16N6/c1-16(2)15-10(12)14-13-7-8-4-3-5-9(11)6-8/h3-6H,7,11H2,1-2H3,(H2,12,15). The molecule has 0 aliphatic heterocycles. The van der Waals surface area contributed by atoms with Gasteiger partial charge in [0, 0.05) is 19.8 Å². The Labute approximate surface area is 94.6 Å². The van der Waals surface area contributed by atoms with E-state index < -0.39 is 0 Å². The molecule has 86 valence electrons. The summed E-state index contributed by atoms with van der Waals surface area (Å²) in [5.41, 5.74) is 12.8. The molecule has 0 saturated heterocycles. The number of anilines is 1. The third-order valence-corrected chi connectivity index (χ3v) is 1.68. The molecule has 6 nitrogen and oxygen atoms in total. The van der Waals surface area contributed by atoms with E-state index in [1.165, 1.54) is 0 Å². The third kappa shape index (κ3) is 4.41. The number of hydrogen-bond donors (Lipinski definition) is 2. The van der Waals surface area contributed by atoms with Gasteiger partial charge in [0.05, 0.1) is 6.54 Å². The van der Waals surface area contributed by atoms with Crippen molar-refractivity contribution >= 4 is 11.6 Å². The number of nitrogen functional groups attached to an aromatic ring is 1. The van der Waals surface area contributed by atoms with E-state index in [-0.39, 0.29) is 5.96 Å². The fraction of sp³-hybridized carbons (Fsp3) is 0.300. The molecule has 4 N–H and O–H groups in total. The van der Waals surface area contributed by atoms with Crippen molar-refractivity contribution in [2.24, 2.45) is 21.1 Å². The number of benzene rings is 1. The molecule has 0 fully saturated rings. The highest BCUT2D eigenvalue weighted by molar-refractivity contribution is 5.77. The minimum absolute atomic E-state index is 0.133. The molecular weight excluding hydrogens is 204 g/mol. The van der Waals surface area contributed by atoms with Gasteiger partial charge in [-0.15, -0.1) is 10.2 Å². The van der Waals surface area contributed by atoms with E-state index in [1.807, 2.05) is 24.3 Å². The van der Waals surface area contributed by atoms with Gasteiger partial charge in [0.15, 0.2) is 0 Å². The zero-order valence-corrected chi connectivity index (χ0v) is 9.46. The van der Waals surface area contributed by atoms with E-state index in [0.717, 1.165) is 5.56 Å². The monoisotopic (exact) mass is 220 g/mol. The smallest absolute Gasteiger partial charge is 0.256 e. The molecule has 16 heavy (non-hydrogen) atoms. The number of rotatable bonds is 3. The van der Waals surface area contributed by atoms with Crippen LogP contribution < -0.4 is 11.5 Å². The van der Waals surface area contributed by atoms with Crippen LogP contribution in [-0.4, -0.2) is 25.1 Å². The lowest BCUT2D eigenvalue weighted by molar-refractivity contribution is 0.436. The summed E-state index contributed by atoms with van der Waals surface area (Å²) in [6, 6.07) is 7.47. The summed E-state index contributed by atoms with van der Waals surface area (Å²) in [4.78, 5) is 0. The van der Waals surface area contributed by atoms with Crippen LogP contribution in [0.2, 0.25) is 0 Å². The van der Waals surface area contributed by atoms with Crippen molar-refractivity contribution < 1.29 is 0 Å². The number of nitrogens with two attached hydrogens (primary N) is 2. The van der Waals surface area contributed by atoms with E-state index in [1.54, 1.807) is 19.1 Å². The van der Waals surface area contributed by atoms with Crippen LogP contribution in [0.4, 0.5) is 5.69 Å². The van der Waals surface area contributed by atoms with Crippen molar-refractivity contribution in [1.29, 1.82) is 0 Å². The maximum Gasteiger partial charge on any atom is 0.256 e. The number of azo groups is 1. The van der Waals surface area contributed by atoms with Crippen LogP contribution in [0.1, 0.15) is 5.56 Å². The van der Waals surface area contributed by atoms with Crippen molar-refractivity contribution in [3.8, 4) is 0 Å². The lowest BCUT2D eigenvalue weighted by Crippen LogP contribution is -2.14. The maximum atomic E-state index is 5.63. The van der Waals surface area contributed by atoms with Crippen LogP contribution in [0.15, 0.2) is 39.6 Å². The largest absolute Gasteiger partial charge is 0.399 e. The molecule has 0 aliphatic carbocycles. The third-order valence-electron chi connectivity index (χ3n) is 1.68. The summed E-state index contributed by atoms with van der Waals surface area (Å²) in [6.07, 6.45) is 0. The Morgan fingerprint density at radius 3 is 2.75 bits per heavy atom. The first-order valence-electron chi connectivity index (χ1n) is 4.81. The second kappa shape index (κ2) is 5.69. The first-order chi connectivity index (χ1) is 7.58. The van der Waals surface area contributed by atoms with Crippen molar-refractivity contribution in [1.82, 2.24) is 5.01 Å². The first-order valence-corrected chi connectivity index (χ1v) is 4.81. The van der Waals surface area contributed by atoms with Gasteiger partial charge in [-0.25, -0.2) is 0 Å². The van der Waals surface area contributed by atoms with Gasteiger partial charge in [-0.1, -0.05) is 12.1 Å². The molecule has 0 aliphatic rings. The highest BCUT2D eigenvalue weighted by Gasteiger charge is 1.92. The SMILES string of the molecule is CN(C)N=C(N)N=NCc1cccc(N)c1. The van der Waals surface area contributed by atoms with Crippen molar-refractivity contribution in [3.05, 3.63) is 29.8 Å². The topological polar surface area (TPSA) is 92.4 Å². The molecule has 0 bridgehead atoms. The Morgan fingerprint density at radius 2 is 2.12 bits per heavy atom. The van der Waals surface area contributed by atoms with Gasteiger partial charge < -0.3 is 11.5 Å². The summed E-state index contributed by atoms with van der Waals surface area (Å²) in [6.45, 7) is 0.439. The summed E-state index contributed by atoms with van der Waals surface area (Å²) in [5, 5.41) is 13.1. The molecule has 0 amide bonds. The predicted octanol–water partition coefficient (Wildman–Crippen LogP) is 1.01. The molecule has 0 radical (unpaired) electrons. The van der Waals surface area contributed by atoms with Gasteiger partial charge in [0.2, 0.25) is 0 Å². The van der Waals surface area contributed by atoms with Crippen LogP contribution in [0, 0.1) is 0 Å². The zero-order valence-electron chi connectivity index (χ0n) is 9.46. The molecule has 0 atom stereocenters. The minimum atomic E-state index is 0.133. The van der Waals surface area contributed by atoms with Gasteiger partial charge in [-0.05, 0) is 17.7 Å². The van der Waals surface area contributed by atoms with Crippen LogP contribution in [0.25, 0.3) is 0 Å². The fourth-order valence-electron chi connectivity index (χ4n) is 1.11. The summed E-state index contributed by atoms with van der Waals surface area (Å²) in [5.74, 6) is 0.133. The molecule has 0 spiro atoms. The molecule has 1 aromatic rings. The Morgan fingerprint density at radius 1 is 1.38 bits per heavy atom.